The van der Waals surface area contributed by atoms with E-state index in [1.165, 1.54) is 12.1 Å². The molecule has 0 fully saturated rings. The number of nitro benzene ring substituents is 1. The molecule has 0 amide bonds. The molecule has 1 aromatic carbocycles. The number of aromatic amines is 1. The fourth-order valence-corrected chi connectivity index (χ4v) is 1.71. The van der Waals surface area contributed by atoms with Gasteiger partial charge in [0.1, 0.15) is 0 Å². The fraction of sp³-hybridized carbons (Fsp3) is 0.154. The molecule has 0 spiro atoms. The summed E-state index contributed by atoms with van der Waals surface area (Å²) in [4.78, 5) is 13.2. The third kappa shape index (κ3) is 3.19. The van der Waals surface area contributed by atoms with Crippen LogP contribution in [0.5, 0.6) is 0 Å². The van der Waals surface area contributed by atoms with Crippen LogP contribution in [0.25, 0.3) is 0 Å². The maximum absolute atomic E-state index is 10.5. The lowest BCUT2D eigenvalue weighted by Crippen LogP contribution is -1.93. The lowest BCUT2D eigenvalue weighted by molar-refractivity contribution is -0.384. The van der Waals surface area contributed by atoms with Crippen LogP contribution in [0.4, 0.5) is 11.4 Å². The Morgan fingerprint density at radius 2 is 2.00 bits per heavy atom. The van der Waals surface area contributed by atoms with E-state index >= 15 is 0 Å². The van der Waals surface area contributed by atoms with E-state index in [0.717, 1.165) is 17.0 Å². The second-order valence-corrected chi connectivity index (χ2v) is 4.22. The minimum Gasteiger partial charge on any atom is -0.358 e. The maximum Gasteiger partial charge on any atom is 0.269 e. The average Bonchev–Trinajstić information content (AvgIpc) is 2.68. The van der Waals surface area contributed by atoms with Crippen molar-refractivity contribution < 1.29 is 4.92 Å². The second kappa shape index (κ2) is 5.34. The zero-order valence-electron chi connectivity index (χ0n) is 10.7. The number of benzene rings is 1. The summed E-state index contributed by atoms with van der Waals surface area (Å²) >= 11 is 0. The Morgan fingerprint density at radius 1 is 1.32 bits per heavy atom. The Hall–Kier alpha value is -2.63. The van der Waals surface area contributed by atoms with E-state index < -0.39 is 4.92 Å². The van der Waals surface area contributed by atoms with Gasteiger partial charge in [0.2, 0.25) is 0 Å². The molecule has 2 aromatic rings. The van der Waals surface area contributed by atoms with Crippen molar-refractivity contribution >= 4 is 17.6 Å². The van der Waals surface area contributed by atoms with E-state index in [1.54, 1.807) is 18.3 Å². The number of anilines is 1. The molecule has 98 valence electrons. The van der Waals surface area contributed by atoms with E-state index in [1.807, 2.05) is 19.9 Å². The molecule has 19 heavy (non-hydrogen) atoms. The van der Waals surface area contributed by atoms with Crippen molar-refractivity contribution in [3.63, 3.8) is 0 Å². The van der Waals surface area contributed by atoms with Gasteiger partial charge in [0.15, 0.2) is 0 Å². The van der Waals surface area contributed by atoms with Crippen molar-refractivity contribution in [3.05, 3.63) is 57.4 Å². The van der Waals surface area contributed by atoms with E-state index in [2.05, 4.69) is 15.5 Å². The zero-order chi connectivity index (χ0) is 13.8. The summed E-state index contributed by atoms with van der Waals surface area (Å²) in [6, 6.07) is 8.13. The fourth-order valence-electron chi connectivity index (χ4n) is 1.71. The zero-order valence-corrected chi connectivity index (χ0v) is 10.7. The topological polar surface area (TPSA) is 83.3 Å². The number of hydrogen-bond donors (Lipinski definition) is 2. The smallest absolute Gasteiger partial charge is 0.269 e. The lowest BCUT2D eigenvalue weighted by atomic mass is 10.3. The van der Waals surface area contributed by atoms with Crippen molar-refractivity contribution in [2.75, 3.05) is 5.43 Å². The van der Waals surface area contributed by atoms with Crippen LogP contribution in [0.2, 0.25) is 0 Å². The van der Waals surface area contributed by atoms with E-state index in [4.69, 9.17) is 0 Å². The Balaban J connectivity index is 2.02. The van der Waals surface area contributed by atoms with Crippen molar-refractivity contribution in [1.82, 2.24) is 4.98 Å². The number of nitrogens with zero attached hydrogens (tertiary/aromatic N) is 2. The minimum absolute atomic E-state index is 0.0605. The van der Waals surface area contributed by atoms with Gasteiger partial charge in [-0.05, 0) is 37.6 Å². The van der Waals surface area contributed by atoms with Crippen molar-refractivity contribution in [1.29, 1.82) is 0 Å². The summed E-state index contributed by atoms with van der Waals surface area (Å²) in [5, 5.41) is 14.6. The predicted octanol–water partition coefficient (Wildman–Crippen LogP) is 2.99. The first-order chi connectivity index (χ1) is 9.06. The van der Waals surface area contributed by atoms with Gasteiger partial charge in [-0.1, -0.05) is 0 Å². The van der Waals surface area contributed by atoms with E-state index in [9.17, 15) is 10.1 Å². The van der Waals surface area contributed by atoms with Gasteiger partial charge in [-0.15, -0.1) is 0 Å². The van der Waals surface area contributed by atoms with Crippen molar-refractivity contribution in [2.45, 2.75) is 13.8 Å². The van der Waals surface area contributed by atoms with Crippen LogP contribution in [-0.2, 0) is 0 Å². The molecular weight excluding hydrogens is 244 g/mol. The summed E-state index contributed by atoms with van der Waals surface area (Å²) in [6.45, 7) is 3.98. The highest BCUT2D eigenvalue weighted by Crippen LogP contribution is 2.15. The summed E-state index contributed by atoms with van der Waals surface area (Å²) in [5.41, 5.74) is 6.71. The van der Waals surface area contributed by atoms with Crippen molar-refractivity contribution in [2.24, 2.45) is 5.10 Å². The Morgan fingerprint density at radius 3 is 2.53 bits per heavy atom. The van der Waals surface area contributed by atoms with Crippen LogP contribution in [0.3, 0.4) is 0 Å². The molecule has 0 aliphatic rings. The molecule has 0 bridgehead atoms. The van der Waals surface area contributed by atoms with Gasteiger partial charge in [0.25, 0.3) is 5.69 Å². The van der Waals surface area contributed by atoms with Gasteiger partial charge < -0.3 is 4.98 Å². The Kier molecular flexibility index (Phi) is 3.61. The number of rotatable bonds is 4. The number of H-pyrrole nitrogens is 1. The van der Waals surface area contributed by atoms with Gasteiger partial charge in [-0.3, -0.25) is 15.5 Å². The van der Waals surface area contributed by atoms with Gasteiger partial charge in [-0.2, -0.15) is 5.10 Å². The van der Waals surface area contributed by atoms with Crippen LogP contribution in [0.15, 0.2) is 35.4 Å². The van der Waals surface area contributed by atoms with Crippen molar-refractivity contribution in [3.8, 4) is 0 Å². The normalized spacial score (nSPS) is 10.8. The highest BCUT2D eigenvalue weighted by Gasteiger charge is 2.03. The quantitative estimate of drug-likeness (QED) is 0.502. The Labute approximate surface area is 110 Å². The average molecular weight is 258 g/mol. The number of nitro groups is 1. The molecule has 2 N–H and O–H groups in total. The molecule has 1 heterocycles. The number of non-ortho nitro benzene ring substituents is 1. The molecule has 6 heteroatoms. The predicted molar refractivity (Wildman–Crippen MR) is 74.6 cm³/mol. The molecule has 0 atom stereocenters. The van der Waals surface area contributed by atoms with Crippen LogP contribution < -0.4 is 5.43 Å². The maximum atomic E-state index is 10.5. The highest BCUT2D eigenvalue weighted by atomic mass is 16.6. The van der Waals surface area contributed by atoms with Crippen LogP contribution >= 0.6 is 0 Å². The first-order valence-corrected chi connectivity index (χ1v) is 5.76. The summed E-state index contributed by atoms with van der Waals surface area (Å²) < 4.78 is 0. The number of hydrazone groups is 1. The first-order valence-electron chi connectivity index (χ1n) is 5.76. The van der Waals surface area contributed by atoms with Gasteiger partial charge in [0.05, 0.1) is 22.5 Å². The second-order valence-electron chi connectivity index (χ2n) is 4.22. The third-order valence-electron chi connectivity index (χ3n) is 2.66. The molecule has 1 aromatic heterocycles. The van der Waals surface area contributed by atoms with Gasteiger partial charge in [0, 0.05) is 17.8 Å². The Bertz CT molecular complexity index is 614. The molecule has 0 aliphatic heterocycles. The third-order valence-corrected chi connectivity index (χ3v) is 2.66. The number of hydrogen-bond acceptors (Lipinski definition) is 4. The number of nitrogens with one attached hydrogen (secondary N) is 2. The summed E-state index contributed by atoms with van der Waals surface area (Å²) in [5.74, 6) is 0. The van der Waals surface area contributed by atoms with Gasteiger partial charge in [-0.25, -0.2) is 0 Å². The van der Waals surface area contributed by atoms with Crippen LogP contribution in [0, 0.1) is 24.0 Å². The molecule has 6 nitrogen and oxygen atoms in total. The van der Waals surface area contributed by atoms with Crippen LogP contribution in [-0.4, -0.2) is 16.1 Å². The molecule has 2 rings (SSSR count). The molecule has 0 unspecified atom stereocenters. The van der Waals surface area contributed by atoms with Gasteiger partial charge >= 0.3 is 0 Å². The standard InChI is InChI=1S/C13H14N4O2/c1-9-7-10(2)15-13(9)8-14-16-11-3-5-12(6-4-11)17(18)19/h3-8,15-16H,1-2H3. The molecule has 0 saturated heterocycles. The summed E-state index contributed by atoms with van der Waals surface area (Å²) in [6.07, 6.45) is 1.68. The largest absolute Gasteiger partial charge is 0.358 e. The number of aromatic nitrogens is 1. The van der Waals surface area contributed by atoms with E-state index in [-0.39, 0.29) is 5.69 Å². The van der Waals surface area contributed by atoms with E-state index in [0.29, 0.717) is 5.69 Å². The minimum atomic E-state index is -0.432. The SMILES string of the molecule is Cc1cc(C)c(C=NNc2ccc([N+](=O)[O-])cc2)[nH]1. The highest BCUT2D eigenvalue weighted by molar-refractivity contribution is 5.80. The summed E-state index contributed by atoms with van der Waals surface area (Å²) in [7, 11) is 0. The molecular formula is C13H14N4O2. The first kappa shape index (κ1) is 12.8. The monoisotopic (exact) mass is 258 g/mol. The van der Waals surface area contributed by atoms with Crippen LogP contribution in [0.1, 0.15) is 17.0 Å². The number of aryl methyl sites for hydroxylation is 2. The molecule has 0 radical (unpaired) electrons. The lowest BCUT2D eigenvalue weighted by Gasteiger charge is -1.99. The molecule has 0 aliphatic carbocycles. The molecule has 0 saturated carbocycles.